The van der Waals surface area contributed by atoms with Crippen LogP contribution < -0.4 is 4.74 Å². The van der Waals surface area contributed by atoms with Gasteiger partial charge >= 0.3 is 0 Å². The van der Waals surface area contributed by atoms with E-state index in [4.69, 9.17) is 4.74 Å². The molecule has 1 aromatic rings. The fourth-order valence-corrected chi connectivity index (χ4v) is 1.18. The number of hydrogen-bond acceptors (Lipinski definition) is 2. The van der Waals surface area contributed by atoms with E-state index in [1.807, 2.05) is 6.92 Å². The molecule has 0 radical (unpaired) electrons. The maximum Gasteiger partial charge on any atom is 0.188 e. The maximum atomic E-state index is 13.2. The molecule has 0 aliphatic heterocycles. The molecule has 0 bridgehead atoms. The van der Waals surface area contributed by atoms with E-state index in [9.17, 15) is 4.39 Å². The van der Waals surface area contributed by atoms with Crippen LogP contribution in [-0.4, -0.2) is 13.9 Å². The Morgan fingerprint density at radius 1 is 1.46 bits per heavy atom. The monoisotopic (exact) mass is 248 g/mol. The van der Waals surface area contributed by atoms with Crippen molar-refractivity contribution in [1.82, 2.24) is 0 Å². The largest absolute Gasteiger partial charge is 0.464 e. The molecular formula is C9H10BrFO2. The maximum absolute atomic E-state index is 13.2. The van der Waals surface area contributed by atoms with Crippen LogP contribution in [0.25, 0.3) is 0 Å². The molecule has 0 spiro atoms. The first kappa shape index (κ1) is 10.5. The Labute approximate surface area is 84.8 Å². The first-order chi connectivity index (χ1) is 6.15. The fraction of sp³-hybridized carbons (Fsp3) is 0.333. The number of ether oxygens (including phenoxy) is 2. The van der Waals surface area contributed by atoms with Gasteiger partial charge in [0.2, 0.25) is 0 Å². The molecule has 0 saturated heterocycles. The Morgan fingerprint density at radius 2 is 2.15 bits per heavy atom. The van der Waals surface area contributed by atoms with Gasteiger partial charge in [0.25, 0.3) is 0 Å². The van der Waals surface area contributed by atoms with E-state index >= 15 is 0 Å². The molecule has 0 amide bonds. The molecule has 72 valence electrons. The SMILES string of the molecule is COCOc1cc(Br)c(C)cc1F. The van der Waals surface area contributed by atoms with E-state index in [0.29, 0.717) is 0 Å². The van der Waals surface area contributed by atoms with E-state index in [0.717, 1.165) is 10.0 Å². The number of methoxy groups -OCH3 is 1. The zero-order chi connectivity index (χ0) is 9.84. The minimum Gasteiger partial charge on any atom is -0.464 e. The van der Waals surface area contributed by atoms with Gasteiger partial charge in [-0.15, -0.1) is 0 Å². The minimum absolute atomic E-state index is 0.0480. The molecule has 4 heteroatoms. The van der Waals surface area contributed by atoms with Crippen LogP contribution in [0.3, 0.4) is 0 Å². The van der Waals surface area contributed by atoms with Crippen LogP contribution in [0.2, 0.25) is 0 Å². The van der Waals surface area contributed by atoms with Crippen LogP contribution in [0.4, 0.5) is 4.39 Å². The molecule has 0 aliphatic carbocycles. The van der Waals surface area contributed by atoms with Gasteiger partial charge in [0.05, 0.1) is 0 Å². The Kier molecular flexibility index (Phi) is 3.69. The lowest BCUT2D eigenvalue weighted by atomic mass is 10.2. The van der Waals surface area contributed by atoms with Gasteiger partial charge in [0.1, 0.15) is 0 Å². The number of hydrogen-bond donors (Lipinski definition) is 0. The molecule has 1 aromatic carbocycles. The van der Waals surface area contributed by atoms with Gasteiger partial charge in [-0.2, -0.15) is 0 Å². The second kappa shape index (κ2) is 4.58. The lowest BCUT2D eigenvalue weighted by Crippen LogP contribution is -2.01. The van der Waals surface area contributed by atoms with Gasteiger partial charge in [-0.05, 0) is 24.6 Å². The van der Waals surface area contributed by atoms with Crippen molar-refractivity contribution < 1.29 is 13.9 Å². The molecule has 0 aliphatic rings. The van der Waals surface area contributed by atoms with E-state index in [-0.39, 0.29) is 18.4 Å². The predicted octanol–water partition coefficient (Wildman–Crippen LogP) is 2.88. The second-order valence-corrected chi connectivity index (χ2v) is 3.44. The lowest BCUT2D eigenvalue weighted by molar-refractivity contribution is 0.0482. The van der Waals surface area contributed by atoms with Crippen LogP contribution in [0.15, 0.2) is 16.6 Å². The van der Waals surface area contributed by atoms with Crippen LogP contribution in [0.5, 0.6) is 5.75 Å². The van der Waals surface area contributed by atoms with Crippen molar-refractivity contribution in [3.63, 3.8) is 0 Å². The first-order valence-electron chi connectivity index (χ1n) is 3.72. The molecule has 0 saturated carbocycles. The van der Waals surface area contributed by atoms with Crippen molar-refractivity contribution in [2.75, 3.05) is 13.9 Å². The summed E-state index contributed by atoms with van der Waals surface area (Å²) in [4.78, 5) is 0. The summed E-state index contributed by atoms with van der Waals surface area (Å²) in [7, 11) is 1.49. The summed E-state index contributed by atoms with van der Waals surface area (Å²) >= 11 is 3.28. The van der Waals surface area contributed by atoms with Crippen molar-refractivity contribution in [2.24, 2.45) is 0 Å². The number of rotatable bonds is 3. The first-order valence-corrected chi connectivity index (χ1v) is 4.52. The number of halogens is 2. The highest BCUT2D eigenvalue weighted by molar-refractivity contribution is 9.10. The Morgan fingerprint density at radius 3 is 2.77 bits per heavy atom. The molecule has 0 fully saturated rings. The molecule has 1 rings (SSSR count). The van der Waals surface area contributed by atoms with E-state index in [2.05, 4.69) is 20.7 Å². The van der Waals surface area contributed by atoms with E-state index < -0.39 is 0 Å². The topological polar surface area (TPSA) is 18.5 Å². The highest BCUT2D eigenvalue weighted by Gasteiger charge is 2.06. The van der Waals surface area contributed by atoms with Crippen LogP contribution in [0.1, 0.15) is 5.56 Å². The molecule has 0 N–H and O–H groups in total. The number of aryl methyl sites for hydroxylation is 1. The molecule has 2 nitrogen and oxygen atoms in total. The quantitative estimate of drug-likeness (QED) is 0.767. The van der Waals surface area contributed by atoms with Crippen LogP contribution in [-0.2, 0) is 4.74 Å². The summed E-state index contributed by atoms with van der Waals surface area (Å²) in [6.45, 7) is 1.86. The third kappa shape index (κ3) is 2.67. The lowest BCUT2D eigenvalue weighted by Gasteiger charge is -2.07. The van der Waals surface area contributed by atoms with Crippen molar-refractivity contribution in [1.29, 1.82) is 0 Å². The van der Waals surface area contributed by atoms with Gasteiger partial charge in [-0.1, -0.05) is 15.9 Å². The van der Waals surface area contributed by atoms with E-state index in [1.54, 1.807) is 6.07 Å². The third-order valence-corrected chi connectivity index (χ3v) is 2.40. The van der Waals surface area contributed by atoms with Gasteiger partial charge in [0, 0.05) is 11.6 Å². The standard InChI is InChI=1S/C9H10BrFO2/c1-6-3-8(11)9(4-7(6)10)13-5-12-2/h3-4H,5H2,1-2H3. The summed E-state index contributed by atoms with van der Waals surface area (Å²) in [5.41, 5.74) is 0.835. The Balaban J connectivity index is 2.88. The third-order valence-electron chi connectivity index (χ3n) is 1.55. The summed E-state index contributed by atoms with van der Waals surface area (Å²) in [6, 6.07) is 3.00. The van der Waals surface area contributed by atoms with Crippen molar-refractivity contribution in [2.45, 2.75) is 6.92 Å². The highest BCUT2D eigenvalue weighted by atomic mass is 79.9. The van der Waals surface area contributed by atoms with Crippen LogP contribution in [0, 0.1) is 12.7 Å². The van der Waals surface area contributed by atoms with Gasteiger partial charge in [-0.3, -0.25) is 0 Å². The predicted molar refractivity (Wildman–Crippen MR) is 51.3 cm³/mol. The summed E-state index contributed by atoms with van der Waals surface area (Å²) < 4.78 is 23.6. The van der Waals surface area contributed by atoms with Gasteiger partial charge in [0.15, 0.2) is 18.4 Å². The Hall–Kier alpha value is -0.610. The zero-order valence-corrected chi connectivity index (χ0v) is 9.02. The second-order valence-electron chi connectivity index (χ2n) is 2.58. The normalized spacial score (nSPS) is 10.2. The van der Waals surface area contributed by atoms with Crippen molar-refractivity contribution in [3.05, 3.63) is 28.0 Å². The molecular weight excluding hydrogens is 239 g/mol. The van der Waals surface area contributed by atoms with Gasteiger partial charge < -0.3 is 9.47 Å². The molecule has 0 heterocycles. The number of benzene rings is 1. The van der Waals surface area contributed by atoms with Crippen LogP contribution >= 0.6 is 15.9 Å². The highest BCUT2D eigenvalue weighted by Crippen LogP contribution is 2.25. The summed E-state index contributed by atoms with van der Waals surface area (Å²) in [5.74, 6) is -0.183. The van der Waals surface area contributed by atoms with Crippen molar-refractivity contribution in [3.8, 4) is 5.75 Å². The smallest absolute Gasteiger partial charge is 0.188 e. The average Bonchev–Trinajstić information content (AvgIpc) is 2.09. The fourth-order valence-electron chi connectivity index (χ4n) is 0.861. The van der Waals surface area contributed by atoms with E-state index in [1.165, 1.54) is 13.2 Å². The van der Waals surface area contributed by atoms with Crippen molar-refractivity contribution >= 4 is 15.9 Å². The molecule has 0 unspecified atom stereocenters. The molecule has 0 aromatic heterocycles. The summed E-state index contributed by atoms with van der Waals surface area (Å²) in [6.07, 6.45) is 0. The van der Waals surface area contributed by atoms with Gasteiger partial charge in [-0.25, -0.2) is 4.39 Å². The average molecular weight is 249 g/mol. The summed E-state index contributed by atoms with van der Waals surface area (Å²) in [5, 5.41) is 0. The zero-order valence-electron chi connectivity index (χ0n) is 7.43. The molecule has 0 atom stereocenters. The Bertz CT molecular complexity index is 302. The molecule has 13 heavy (non-hydrogen) atoms. The minimum atomic E-state index is -0.377.